The van der Waals surface area contributed by atoms with Crippen molar-refractivity contribution in [3.63, 3.8) is 0 Å². The Kier molecular flexibility index (Phi) is 6.07. The second kappa shape index (κ2) is 7.13. The summed E-state index contributed by atoms with van der Waals surface area (Å²) in [4.78, 5) is 0. The van der Waals surface area contributed by atoms with E-state index in [0.717, 1.165) is 0 Å². The molecule has 0 saturated heterocycles. The molecule has 3 nitrogen and oxygen atoms in total. The van der Waals surface area contributed by atoms with E-state index in [1.54, 1.807) is 20.8 Å². The molecule has 1 rings (SSSR count). The fraction of sp³-hybridized carbons (Fsp3) is 0.571. The molecule has 0 saturated carbocycles. The Morgan fingerprint density at radius 3 is 2.20 bits per heavy atom. The SMILES string of the molecule is CCS(=O)(=O)CC(C)NC(C)Cc1c(F)cccc1F. The van der Waals surface area contributed by atoms with Gasteiger partial charge in [-0.25, -0.2) is 17.2 Å². The van der Waals surface area contributed by atoms with Gasteiger partial charge in [-0.3, -0.25) is 0 Å². The first-order chi connectivity index (χ1) is 9.25. The third-order valence-corrected chi connectivity index (χ3v) is 4.97. The van der Waals surface area contributed by atoms with Crippen LogP contribution in [0.1, 0.15) is 26.3 Å². The Morgan fingerprint density at radius 2 is 1.70 bits per heavy atom. The molecule has 0 radical (unpaired) electrons. The average molecular weight is 305 g/mol. The monoisotopic (exact) mass is 305 g/mol. The quantitative estimate of drug-likeness (QED) is 0.841. The van der Waals surface area contributed by atoms with Gasteiger partial charge in [0.15, 0.2) is 9.84 Å². The van der Waals surface area contributed by atoms with Crippen molar-refractivity contribution in [1.29, 1.82) is 0 Å². The Labute approximate surface area is 119 Å². The molecule has 6 heteroatoms. The number of hydrogen-bond donors (Lipinski definition) is 1. The molecule has 0 bridgehead atoms. The minimum absolute atomic E-state index is 0.0214. The standard InChI is InChI=1S/C14H21F2NO2S/c1-4-20(18,19)9-11(3)17-10(2)8-12-13(15)6-5-7-14(12)16/h5-7,10-11,17H,4,8-9H2,1-3H3. The molecule has 0 aliphatic carbocycles. The predicted molar refractivity (Wildman–Crippen MR) is 76.4 cm³/mol. The first-order valence-corrected chi connectivity index (χ1v) is 8.46. The predicted octanol–water partition coefficient (Wildman–Crippen LogP) is 2.31. The first kappa shape index (κ1) is 17.0. The lowest BCUT2D eigenvalue weighted by Crippen LogP contribution is -2.40. The van der Waals surface area contributed by atoms with Gasteiger partial charge in [0.25, 0.3) is 0 Å². The Hall–Kier alpha value is -1.01. The Bertz CT molecular complexity index is 526. The number of hydrogen-bond acceptors (Lipinski definition) is 3. The van der Waals surface area contributed by atoms with E-state index >= 15 is 0 Å². The zero-order chi connectivity index (χ0) is 15.3. The number of benzene rings is 1. The van der Waals surface area contributed by atoms with Gasteiger partial charge in [0.05, 0.1) is 5.75 Å². The Balaban J connectivity index is 2.62. The second-order valence-corrected chi connectivity index (χ2v) is 7.47. The second-order valence-electron chi connectivity index (χ2n) is 5.07. The van der Waals surface area contributed by atoms with E-state index in [2.05, 4.69) is 5.32 Å². The van der Waals surface area contributed by atoms with Crippen LogP contribution >= 0.6 is 0 Å². The summed E-state index contributed by atoms with van der Waals surface area (Å²) in [5.41, 5.74) is 0.0260. The largest absolute Gasteiger partial charge is 0.310 e. The summed E-state index contributed by atoms with van der Waals surface area (Å²) in [6, 6.07) is 3.28. The van der Waals surface area contributed by atoms with E-state index in [9.17, 15) is 17.2 Å². The molecule has 0 aliphatic rings. The molecule has 0 heterocycles. The van der Waals surface area contributed by atoms with Gasteiger partial charge in [0.1, 0.15) is 11.6 Å². The van der Waals surface area contributed by atoms with Crippen LogP contribution in [0.2, 0.25) is 0 Å². The molecule has 2 unspecified atom stereocenters. The van der Waals surface area contributed by atoms with Gasteiger partial charge in [-0.1, -0.05) is 13.0 Å². The maximum absolute atomic E-state index is 13.5. The van der Waals surface area contributed by atoms with Crippen molar-refractivity contribution >= 4 is 9.84 Å². The van der Waals surface area contributed by atoms with E-state index in [1.165, 1.54) is 18.2 Å². The molecule has 2 atom stereocenters. The maximum Gasteiger partial charge on any atom is 0.151 e. The van der Waals surface area contributed by atoms with Crippen molar-refractivity contribution in [3.8, 4) is 0 Å². The van der Waals surface area contributed by atoms with E-state index in [4.69, 9.17) is 0 Å². The molecule has 1 aromatic rings. The zero-order valence-electron chi connectivity index (χ0n) is 12.0. The lowest BCUT2D eigenvalue weighted by molar-refractivity contribution is 0.463. The molecule has 114 valence electrons. The van der Waals surface area contributed by atoms with Crippen molar-refractivity contribution in [1.82, 2.24) is 5.32 Å². The zero-order valence-corrected chi connectivity index (χ0v) is 12.8. The summed E-state index contributed by atoms with van der Waals surface area (Å²) in [5.74, 6) is -1.04. The Morgan fingerprint density at radius 1 is 1.15 bits per heavy atom. The molecule has 1 N–H and O–H groups in total. The molecular weight excluding hydrogens is 284 g/mol. The van der Waals surface area contributed by atoms with Crippen LogP contribution in [0, 0.1) is 11.6 Å². The molecule has 0 fully saturated rings. The van der Waals surface area contributed by atoms with Crippen molar-refractivity contribution in [3.05, 3.63) is 35.4 Å². The van der Waals surface area contributed by atoms with Gasteiger partial charge < -0.3 is 5.32 Å². The number of rotatable bonds is 7. The highest BCUT2D eigenvalue weighted by Crippen LogP contribution is 2.14. The highest BCUT2D eigenvalue weighted by molar-refractivity contribution is 7.91. The van der Waals surface area contributed by atoms with E-state index in [1.807, 2.05) is 0 Å². The first-order valence-electron chi connectivity index (χ1n) is 6.64. The van der Waals surface area contributed by atoms with Gasteiger partial charge in [0.2, 0.25) is 0 Å². The van der Waals surface area contributed by atoms with Crippen LogP contribution in [0.25, 0.3) is 0 Å². The van der Waals surface area contributed by atoms with Crippen molar-refractivity contribution in [2.45, 2.75) is 39.3 Å². The van der Waals surface area contributed by atoms with Crippen LogP contribution in [-0.2, 0) is 16.3 Å². The van der Waals surface area contributed by atoms with Crippen molar-refractivity contribution in [2.75, 3.05) is 11.5 Å². The third-order valence-electron chi connectivity index (χ3n) is 3.08. The minimum Gasteiger partial charge on any atom is -0.310 e. The van der Waals surface area contributed by atoms with Gasteiger partial charge in [-0.2, -0.15) is 0 Å². The van der Waals surface area contributed by atoms with Crippen LogP contribution in [0.15, 0.2) is 18.2 Å². The summed E-state index contributed by atoms with van der Waals surface area (Å²) in [7, 11) is -3.06. The number of nitrogens with one attached hydrogen (secondary N) is 1. The third kappa shape index (κ3) is 5.17. The van der Waals surface area contributed by atoms with Gasteiger partial charge in [0, 0.05) is 23.4 Å². The molecule has 1 aromatic carbocycles. The number of halogens is 2. The molecule has 0 amide bonds. The summed E-state index contributed by atoms with van der Waals surface area (Å²) in [5, 5.41) is 3.06. The van der Waals surface area contributed by atoms with Crippen LogP contribution < -0.4 is 5.32 Å². The summed E-state index contributed by atoms with van der Waals surface area (Å²) in [6.45, 7) is 5.13. The lowest BCUT2D eigenvalue weighted by atomic mass is 10.1. The highest BCUT2D eigenvalue weighted by Gasteiger charge is 2.17. The fourth-order valence-electron chi connectivity index (χ4n) is 2.13. The van der Waals surface area contributed by atoms with Crippen LogP contribution in [0.3, 0.4) is 0 Å². The lowest BCUT2D eigenvalue weighted by Gasteiger charge is -2.20. The summed E-state index contributed by atoms with van der Waals surface area (Å²) >= 11 is 0. The number of sulfone groups is 1. The summed E-state index contributed by atoms with van der Waals surface area (Å²) < 4.78 is 50.0. The smallest absolute Gasteiger partial charge is 0.151 e. The molecule has 0 spiro atoms. The van der Waals surface area contributed by atoms with E-state index in [0.29, 0.717) is 0 Å². The minimum atomic E-state index is -3.06. The molecular formula is C14H21F2NO2S. The topological polar surface area (TPSA) is 46.2 Å². The van der Waals surface area contributed by atoms with Crippen molar-refractivity contribution in [2.24, 2.45) is 0 Å². The van der Waals surface area contributed by atoms with Gasteiger partial charge in [-0.15, -0.1) is 0 Å². The highest BCUT2D eigenvalue weighted by atomic mass is 32.2. The van der Waals surface area contributed by atoms with E-state index in [-0.39, 0.29) is 35.6 Å². The van der Waals surface area contributed by atoms with Crippen LogP contribution in [0.5, 0.6) is 0 Å². The van der Waals surface area contributed by atoms with Gasteiger partial charge >= 0.3 is 0 Å². The molecule has 0 aliphatic heterocycles. The van der Waals surface area contributed by atoms with E-state index < -0.39 is 21.5 Å². The van der Waals surface area contributed by atoms with Crippen LogP contribution in [0.4, 0.5) is 8.78 Å². The van der Waals surface area contributed by atoms with Crippen LogP contribution in [-0.4, -0.2) is 32.0 Å². The molecule has 0 aromatic heterocycles. The average Bonchev–Trinajstić information content (AvgIpc) is 2.33. The summed E-state index contributed by atoms with van der Waals surface area (Å²) in [6.07, 6.45) is 0.176. The fourth-order valence-corrected chi connectivity index (χ4v) is 3.22. The normalized spacial score (nSPS) is 15.1. The van der Waals surface area contributed by atoms with Crippen molar-refractivity contribution < 1.29 is 17.2 Å². The maximum atomic E-state index is 13.5. The molecule has 20 heavy (non-hydrogen) atoms. The van der Waals surface area contributed by atoms with Gasteiger partial charge in [-0.05, 0) is 32.4 Å².